The van der Waals surface area contributed by atoms with Crippen molar-refractivity contribution in [2.24, 2.45) is 0 Å². The van der Waals surface area contributed by atoms with Crippen LogP contribution in [-0.2, 0) is 13.1 Å². The van der Waals surface area contributed by atoms with Crippen molar-refractivity contribution in [1.82, 2.24) is 0 Å². The summed E-state index contributed by atoms with van der Waals surface area (Å²) in [5, 5.41) is 0. The molecule has 0 atom stereocenters. The van der Waals surface area contributed by atoms with E-state index < -0.39 is 0 Å². The van der Waals surface area contributed by atoms with Gasteiger partial charge in [0.15, 0.2) is 0 Å². The molecule has 0 saturated carbocycles. The Bertz CT molecular complexity index is 1720. The van der Waals surface area contributed by atoms with Crippen molar-refractivity contribution in [3.8, 4) is 44.5 Å². The Morgan fingerprint density at radius 3 is 1.14 bits per heavy atom. The van der Waals surface area contributed by atoms with Crippen LogP contribution in [0.5, 0.6) is 0 Å². The van der Waals surface area contributed by atoms with E-state index in [1.54, 1.807) is 0 Å². The molecule has 1 aliphatic heterocycles. The fourth-order valence-electron chi connectivity index (χ4n) is 6.29. The first kappa shape index (κ1) is 25.9. The lowest BCUT2D eigenvalue weighted by Gasteiger charge is -2.27. The predicted molar refractivity (Wildman–Crippen MR) is 179 cm³/mol. The van der Waals surface area contributed by atoms with Gasteiger partial charge in [-0.05, 0) is 93.0 Å². The Kier molecular flexibility index (Phi) is 6.81. The molecule has 0 fully saturated rings. The van der Waals surface area contributed by atoms with E-state index in [0.29, 0.717) is 0 Å². The van der Waals surface area contributed by atoms with Gasteiger partial charge in [0.25, 0.3) is 0 Å². The van der Waals surface area contributed by atoms with Gasteiger partial charge in [-0.3, -0.25) is 0 Å². The van der Waals surface area contributed by atoms with Crippen LogP contribution in [0.25, 0.3) is 44.5 Å². The van der Waals surface area contributed by atoms with Gasteiger partial charge in [-0.1, -0.05) is 97.1 Å². The second kappa shape index (κ2) is 11.1. The third-order valence-corrected chi connectivity index (χ3v) is 8.29. The van der Waals surface area contributed by atoms with Gasteiger partial charge in [0.05, 0.1) is 0 Å². The van der Waals surface area contributed by atoms with Crippen molar-refractivity contribution in [3.05, 3.63) is 157 Å². The van der Waals surface area contributed by atoms with Gasteiger partial charge in [-0.25, -0.2) is 0 Å². The highest BCUT2D eigenvalue weighted by Gasteiger charge is 2.17. The molecule has 0 aliphatic carbocycles. The van der Waals surface area contributed by atoms with Gasteiger partial charge in [0, 0.05) is 49.7 Å². The molecule has 42 heavy (non-hydrogen) atoms. The standard InChI is InChI=1S/C40H34N2/c1-41-27-29-21-33(31-13-5-3-6-14-31)26-36(23-29)38-18-10-12-20-40(38)42(2)28-30-22-34(32-15-7-4-8-16-32)25-35(24-30)37-17-9-11-19-39(37)41/h3-26H,27-28H2,1-2H3. The first-order valence-corrected chi connectivity index (χ1v) is 14.6. The smallest absolute Gasteiger partial charge is 0.0446 e. The minimum atomic E-state index is 0.800. The van der Waals surface area contributed by atoms with E-state index >= 15 is 0 Å². The van der Waals surface area contributed by atoms with Crippen LogP contribution in [0, 0.1) is 0 Å². The monoisotopic (exact) mass is 542 g/mol. The second-order valence-electron chi connectivity index (χ2n) is 11.3. The average Bonchev–Trinajstić information content (AvgIpc) is 3.05. The van der Waals surface area contributed by atoms with Crippen LogP contribution >= 0.6 is 0 Å². The van der Waals surface area contributed by atoms with Gasteiger partial charge >= 0.3 is 0 Å². The second-order valence-corrected chi connectivity index (χ2v) is 11.3. The fraction of sp³-hybridized carbons (Fsp3) is 0.100. The third-order valence-electron chi connectivity index (χ3n) is 8.29. The van der Waals surface area contributed by atoms with Crippen molar-refractivity contribution >= 4 is 11.4 Å². The van der Waals surface area contributed by atoms with E-state index in [-0.39, 0.29) is 0 Å². The van der Waals surface area contributed by atoms with E-state index in [2.05, 4.69) is 169 Å². The summed E-state index contributed by atoms with van der Waals surface area (Å²) < 4.78 is 0. The van der Waals surface area contributed by atoms with Crippen LogP contribution in [-0.4, -0.2) is 14.1 Å². The van der Waals surface area contributed by atoms with Crippen LogP contribution in [0.3, 0.4) is 0 Å². The highest BCUT2D eigenvalue weighted by molar-refractivity contribution is 5.85. The van der Waals surface area contributed by atoms with E-state index in [1.807, 2.05) is 0 Å². The first-order chi connectivity index (χ1) is 20.6. The largest absolute Gasteiger partial charge is 0.370 e. The molecular formula is C40H34N2. The zero-order valence-corrected chi connectivity index (χ0v) is 24.2. The maximum atomic E-state index is 2.39. The lowest BCUT2D eigenvalue weighted by molar-refractivity contribution is 0.918. The zero-order valence-electron chi connectivity index (χ0n) is 24.2. The highest BCUT2D eigenvalue weighted by Crippen LogP contribution is 2.39. The molecule has 2 heteroatoms. The molecule has 1 aliphatic rings. The molecule has 6 aromatic carbocycles. The van der Waals surface area contributed by atoms with Crippen LogP contribution < -0.4 is 9.80 Å². The molecule has 204 valence electrons. The lowest BCUT2D eigenvalue weighted by Crippen LogP contribution is -2.19. The lowest BCUT2D eigenvalue weighted by atomic mass is 9.93. The number of rotatable bonds is 2. The van der Waals surface area contributed by atoms with Crippen molar-refractivity contribution in [2.75, 3.05) is 23.9 Å². The molecule has 0 amide bonds. The Morgan fingerprint density at radius 2 is 0.714 bits per heavy atom. The highest BCUT2D eigenvalue weighted by atomic mass is 15.1. The van der Waals surface area contributed by atoms with E-state index in [1.165, 1.54) is 67.0 Å². The minimum Gasteiger partial charge on any atom is -0.370 e. The summed E-state index contributed by atoms with van der Waals surface area (Å²) >= 11 is 0. The molecule has 0 spiro atoms. The van der Waals surface area contributed by atoms with E-state index in [0.717, 1.165) is 13.1 Å². The van der Waals surface area contributed by atoms with Gasteiger partial charge in [0.1, 0.15) is 0 Å². The normalized spacial score (nSPS) is 12.7. The SMILES string of the molecule is CN1Cc2cc(-c3ccccc3)cc(c2)-c2ccccc2N(C)Cc2cc(-c3ccccc3)cc(c2)-c2ccccc21. The average molecular weight is 543 g/mol. The van der Waals surface area contributed by atoms with Crippen molar-refractivity contribution in [3.63, 3.8) is 0 Å². The molecule has 0 aromatic heterocycles. The number of nitrogens with zero attached hydrogens (tertiary/aromatic N) is 2. The van der Waals surface area contributed by atoms with E-state index in [4.69, 9.17) is 0 Å². The molecule has 6 aromatic rings. The maximum absolute atomic E-state index is 2.39. The fourth-order valence-corrected chi connectivity index (χ4v) is 6.29. The summed E-state index contributed by atoms with van der Waals surface area (Å²) in [5.74, 6) is 0. The van der Waals surface area contributed by atoms with Crippen LogP contribution in [0.2, 0.25) is 0 Å². The van der Waals surface area contributed by atoms with Gasteiger partial charge in [-0.2, -0.15) is 0 Å². The van der Waals surface area contributed by atoms with Gasteiger partial charge in [-0.15, -0.1) is 0 Å². The number of fused-ring (bicyclic) bond motifs is 8. The summed E-state index contributed by atoms with van der Waals surface area (Å²) in [6.07, 6.45) is 0. The minimum absolute atomic E-state index is 0.800. The summed E-state index contributed by atoms with van der Waals surface area (Å²) in [4.78, 5) is 4.78. The molecule has 0 unspecified atom stereocenters. The number of para-hydroxylation sites is 2. The van der Waals surface area contributed by atoms with Crippen LogP contribution in [0.1, 0.15) is 11.1 Å². The number of hydrogen-bond acceptors (Lipinski definition) is 2. The van der Waals surface area contributed by atoms with Crippen LogP contribution in [0.15, 0.2) is 146 Å². The van der Waals surface area contributed by atoms with Gasteiger partial charge < -0.3 is 9.80 Å². The Labute approximate surface area is 249 Å². The summed E-state index contributed by atoms with van der Waals surface area (Å²) in [6.45, 7) is 1.60. The van der Waals surface area contributed by atoms with Gasteiger partial charge in [0.2, 0.25) is 0 Å². The molecule has 0 N–H and O–H groups in total. The number of hydrogen-bond donors (Lipinski definition) is 0. The zero-order chi connectivity index (χ0) is 28.5. The van der Waals surface area contributed by atoms with E-state index in [9.17, 15) is 0 Å². The first-order valence-electron chi connectivity index (χ1n) is 14.6. The van der Waals surface area contributed by atoms with Crippen molar-refractivity contribution in [2.45, 2.75) is 13.1 Å². The molecule has 0 saturated heterocycles. The molecule has 4 bridgehead atoms. The molecule has 7 rings (SSSR count). The van der Waals surface area contributed by atoms with Crippen molar-refractivity contribution < 1.29 is 0 Å². The molecule has 0 radical (unpaired) electrons. The topological polar surface area (TPSA) is 6.48 Å². The molecular weight excluding hydrogens is 508 g/mol. The van der Waals surface area contributed by atoms with Crippen LogP contribution in [0.4, 0.5) is 11.4 Å². The quantitative estimate of drug-likeness (QED) is 0.215. The maximum Gasteiger partial charge on any atom is 0.0446 e. The third kappa shape index (κ3) is 5.08. The summed E-state index contributed by atoms with van der Waals surface area (Å²) in [7, 11) is 4.42. The predicted octanol–water partition coefficient (Wildman–Crippen LogP) is 9.94. The summed E-state index contributed by atoms with van der Waals surface area (Å²) in [5.41, 5.74) is 15.0. The Balaban J connectivity index is 1.45. The summed E-state index contributed by atoms with van der Waals surface area (Å²) in [6, 6.07) is 53.2. The molecule has 2 nitrogen and oxygen atoms in total. The number of anilines is 2. The Hall–Kier alpha value is -5.08. The van der Waals surface area contributed by atoms with Crippen molar-refractivity contribution in [1.29, 1.82) is 0 Å². The number of benzene rings is 6. The Morgan fingerprint density at radius 1 is 0.357 bits per heavy atom. The molecule has 1 heterocycles.